The van der Waals surface area contributed by atoms with Crippen molar-refractivity contribution in [3.8, 4) is 0 Å². The van der Waals surface area contributed by atoms with Crippen LogP contribution in [-0.2, 0) is 4.79 Å². The minimum atomic E-state index is -0.0775. The minimum Gasteiger partial charge on any atom is -0.464 e. The summed E-state index contributed by atoms with van der Waals surface area (Å²) in [5.74, 6) is 1.74. The molecule has 106 valence electrons. The Morgan fingerprint density at radius 3 is 3.05 bits per heavy atom. The second-order valence-corrected chi connectivity index (χ2v) is 5.12. The lowest BCUT2D eigenvalue weighted by molar-refractivity contribution is -0.123. The molecular weight excluding hydrogens is 242 g/mol. The Balaban J connectivity index is 1.80. The highest BCUT2D eigenvalue weighted by Crippen LogP contribution is 2.15. The summed E-state index contributed by atoms with van der Waals surface area (Å²) in [4.78, 5) is 14.2. The third-order valence-corrected chi connectivity index (χ3v) is 3.37. The molecule has 5 heteroatoms. The van der Waals surface area contributed by atoms with Crippen LogP contribution >= 0.6 is 0 Å². The SMILES string of the molecule is Cc1ccc(C(C)NC(=O)CN2CCCNCC2)o1. The van der Waals surface area contributed by atoms with Gasteiger partial charge < -0.3 is 15.1 Å². The van der Waals surface area contributed by atoms with Gasteiger partial charge in [-0.2, -0.15) is 0 Å². The van der Waals surface area contributed by atoms with Crippen molar-refractivity contribution in [2.75, 3.05) is 32.7 Å². The van der Waals surface area contributed by atoms with E-state index in [4.69, 9.17) is 4.42 Å². The normalized spacial score (nSPS) is 18.8. The van der Waals surface area contributed by atoms with Crippen molar-refractivity contribution in [3.05, 3.63) is 23.7 Å². The van der Waals surface area contributed by atoms with E-state index < -0.39 is 0 Å². The van der Waals surface area contributed by atoms with Crippen molar-refractivity contribution in [2.24, 2.45) is 0 Å². The number of nitrogens with one attached hydrogen (secondary N) is 2. The molecule has 1 aliphatic heterocycles. The highest BCUT2D eigenvalue weighted by atomic mass is 16.3. The molecule has 2 heterocycles. The molecule has 5 nitrogen and oxygen atoms in total. The van der Waals surface area contributed by atoms with Gasteiger partial charge in [0.25, 0.3) is 0 Å². The smallest absolute Gasteiger partial charge is 0.234 e. The summed E-state index contributed by atoms with van der Waals surface area (Å²) in [6.07, 6.45) is 1.10. The predicted octanol–water partition coefficient (Wildman–Crippen LogP) is 1.06. The molecule has 0 aromatic carbocycles. The maximum atomic E-state index is 12.0. The van der Waals surface area contributed by atoms with Gasteiger partial charge in [-0.25, -0.2) is 0 Å². The van der Waals surface area contributed by atoms with Crippen LogP contribution in [0.25, 0.3) is 0 Å². The Morgan fingerprint density at radius 2 is 2.32 bits per heavy atom. The molecule has 0 radical (unpaired) electrons. The van der Waals surface area contributed by atoms with Gasteiger partial charge in [-0.15, -0.1) is 0 Å². The first kappa shape index (κ1) is 14.1. The van der Waals surface area contributed by atoms with Crippen LogP contribution in [0.3, 0.4) is 0 Å². The van der Waals surface area contributed by atoms with Crippen LogP contribution in [-0.4, -0.2) is 43.5 Å². The van der Waals surface area contributed by atoms with Gasteiger partial charge in [0.05, 0.1) is 12.6 Å². The first-order valence-corrected chi connectivity index (χ1v) is 6.94. The molecule has 0 spiro atoms. The highest BCUT2D eigenvalue weighted by molar-refractivity contribution is 5.78. The van der Waals surface area contributed by atoms with Crippen molar-refractivity contribution in [1.82, 2.24) is 15.5 Å². The van der Waals surface area contributed by atoms with E-state index in [1.165, 1.54) is 0 Å². The largest absolute Gasteiger partial charge is 0.464 e. The van der Waals surface area contributed by atoms with Crippen molar-refractivity contribution < 1.29 is 9.21 Å². The summed E-state index contributed by atoms with van der Waals surface area (Å²) in [6.45, 7) is 8.23. The predicted molar refractivity (Wildman–Crippen MR) is 73.9 cm³/mol. The summed E-state index contributed by atoms with van der Waals surface area (Å²) in [7, 11) is 0. The molecule has 0 saturated carbocycles. The number of carbonyl (C=O) groups excluding carboxylic acids is 1. The number of furan rings is 1. The van der Waals surface area contributed by atoms with Crippen molar-refractivity contribution in [2.45, 2.75) is 26.3 Å². The molecule has 19 heavy (non-hydrogen) atoms. The van der Waals surface area contributed by atoms with E-state index in [2.05, 4.69) is 15.5 Å². The monoisotopic (exact) mass is 265 g/mol. The van der Waals surface area contributed by atoms with E-state index >= 15 is 0 Å². The summed E-state index contributed by atoms with van der Waals surface area (Å²) < 4.78 is 5.52. The number of hydrogen-bond acceptors (Lipinski definition) is 4. The number of amides is 1. The number of carbonyl (C=O) groups is 1. The van der Waals surface area contributed by atoms with Crippen LogP contribution in [0.5, 0.6) is 0 Å². The molecule has 1 aliphatic rings. The van der Waals surface area contributed by atoms with Crippen LogP contribution in [0.2, 0.25) is 0 Å². The second kappa shape index (κ2) is 6.73. The molecule has 1 saturated heterocycles. The van der Waals surface area contributed by atoms with E-state index in [-0.39, 0.29) is 11.9 Å². The van der Waals surface area contributed by atoms with E-state index in [1.54, 1.807) is 0 Å². The Labute approximate surface area is 114 Å². The van der Waals surface area contributed by atoms with E-state index in [0.717, 1.165) is 44.1 Å². The molecule has 2 rings (SSSR count). The van der Waals surface area contributed by atoms with Gasteiger partial charge in [0.15, 0.2) is 0 Å². The molecule has 1 unspecified atom stereocenters. The molecule has 1 fully saturated rings. The molecule has 1 atom stereocenters. The number of hydrogen-bond donors (Lipinski definition) is 2. The van der Waals surface area contributed by atoms with Crippen molar-refractivity contribution >= 4 is 5.91 Å². The lowest BCUT2D eigenvalue weighted by atomic mass is 10.2. The first-order chi connectivity index (χ1) is 9.15. The molecular formula is C14H23N3O2. The van der Waals surface area contributed by atoms with Gasteiger partial charge in [-0.3, -0.25) is 9.69 Å². The molecule has 1 amide bonds. The average Bonchev–Trinajstić information content (AvgIpc) is 2.64. The molecule has 0 aliphatic carbocycles. The van der Waals surface area contributed by atoms with Gasteiger partial charge in [0.1, 0.15) is 11.5 Å². The van der Waals surface area contributed by atoms with Gasteiger partial charge in [-0.05, 0) is 45.5 Å². The average molecular weight is 265 g/mol. The van der Waals surface area contributed by atoms with E-state index in [1.807, 2.05) is 26.0 Å². The fraction of sp³-hybridized carbons (Fsp3) is 0.643. The summed E-state index contributed by atoms with van der Waals surface area (Å²) in [5, 5.41) is 6.31. The van der Waals surface area contributed by atoms with Crippen molar-refractivity contribution in [1.29, 1.82) is 0 Å². The zero-order valence-electron chi connectivity index (χ0n) is 11.7. The number of aryl methyl sites for hydroxylation is 1. The van der Waals surface area contributed by atoms with Gasteiger partial charge >= 0.3 is 0 Å². The maximum absolute atomic E-state index is 12.0. The third kappa shape index (κ3) is 4.36. The first-order valence-electron chi connectivity index (χ1n) is 6.94. The zero-order chi connectivity index (χ0) is 13.7. The summed E-state index contributed by atoms with van der Waals surface area (Å²) in [6, 6.07) is 3.75. The second-order valence-electron chi connectivity index (χ2n) is 5.12. The maximum Gasteiger partial charge on any atom is 0.234 e. The van der Waals surface area contributed by atoms with Crippen LogP contribution in [0.4, 0.5) is 0 Å². The van der Waals surface area contributed by atoms with Crippen LogP contribution in [0.15, 0.2) is 16.5 Å². The van der Waals surface area contributed by atoms with Crippen molar-refractivity contribution in [3.63, 3.8) is 0 Å². The Hall–Kier alpha value is -1.33. The zero-order valence-corrected chi connectivity index (χ0v) is 11.7. The lowest BCUT2D eigenvalue weighted by Crippen LogP contribution is -2.39. The van der Waals surface area contributed by atoms with Gasteiger partial charge in [0.2, 0.25) is 5.91 Å². The van der Waals surface area contributed by atoms with E-state index in [0.29, 0.717) is 6.54 Å². The van der Waals surface area contributed by atoms with Gasteiger partial charge in [-0.1, -0.05) is 0 Å². The van der Waals surface area contributed by atoms with Crippen LogP contribution < -0.4 is 10.6 Å². The number of nitrogens with zero attached hydrogens (tertiary/aromatic N) is 1. The topological polar surface area (TPSA) is 57.5 Å². The Kier molecular flexibility index (Phi) is 4.99. The number of rotatable bonds is 4. The summed E-state index contributed by atoms with van der Waals surface area (Å²) in [5.41, 5.74) is 0. The Morgan fingerprint density at radius 1 is 1.47 bits per heavy atom. The fourth-order valence-electron chi connectivity index (χ4n) is 2.31. The molecule has 1 aromatic heterocycles. The lowest BCUT2D eigenvalue weighted by Gasteiger charge is -2.20. The van der Waals surface area contributed by atoms with Gasteiger partial charge in [0, 0.05) is 13.1 Å². The molecule has 0 bridgehead atoms. The standard InChI is InChI=1S/C14H23N3O2/c1-11-4-5-13(19-11)12(2)16-14(18)10-17-8-3-6-15-7-9-17/h4-5,12,15H,3,6-10H2,1-2H3,(H,16,18). The van der Waals surface area contributed by atoms with Crippen LogP contribution in [0.1, 0.15) is 30.9 Å². The molecule has 2 N–H and O–H groups in total. The van der Waals surface area contributed by atoms with E-state index in [9.17, 15) is 4.79 Å². The highest BCUT2D eigenvalue weighted by Gasteiger charge is 2.16. The van der Waals surface area contributed by atoms with Crippen LogP contribution in [0, 0.1) is 6.92 Å². The fourth-order valence-corrected chi connectivity index (χ4v) is 2.31. The molecule has 1 aromatic rings. The quantitative estimate of drug-likeness (QED) is 0.855. The summed E-state index contributed by atoms with van der Waals surface area (Å²) >= 11 is 0. The third-order valence-electron chi connectivity index (χ3n) is 3.37. The minimum absolute atomic E-state index is 0.0588. The Bertz CT molecular complexity index is 409.